The van der Waals surface area contributed by atoms with Crippen molar-refractivity contribution in [2.24, 2.45) is 0 Å². The first kappa shape index (κ1) is 20.1. The van der Waals surface area contributed by atoms with Gasteiger partial charge in [0.15, 0.2) is 5.76 Å². The van der Waals surface area contributed by atoms with Crippen molar-refractivity contribution >= 4 is 58.3 Å². The molecular formula is C22H12Cl4O3. The van der Waals surface area contributed by atoms with Gasteiger partial charge in [-0.25, -0.2) is 0 Å². The Kier molecular flexibility index (Phi) is 5.75. The van der Waals surface area contributed by atoms with Crippen LogP contribution >= 0.6 is 46.4 Å². The minimum Gasteiger partial charge on any atom is -0.489 e. The van der Waals surface area contributed by atoms with Crippen molar-refractivity contribution in [3.8, 4) is 11.5 Å². The maximum absolute atomic E-state index is 12.6. The average Bonchev–Trinajstić information content (AvgIpc) is 2.98. The molecule has 7 heteroatoms. The molecule has 146 valence electrons. The smallest absolute Gasteiger partial charge is 0.231 e. The number of ether oxygens (including phenoxy) is 2. The molecule has 0 fully saturated rings. The van der Waals surface area contributed by atoms with Crippen LogP contribution in [0.25, 0.3) is 6.08 Å². The second-order valence-electron chi connectivity index (χ2n) is 6.29. The zero-order valence-electron chi connectivity index (χ0n) is 14.7. The van der Waals surface area contributed by atoms with Crippen LogP contribution in [0.3, 0.4) is 0 Å². The van der Waals surface area contributed by atoms with E-state index in [0.29, 0.717) is 42.7 Å². The van der Waals surface area contributed by atoms with E-state index in [1.54, 1.807) is 60.7 Å². The highest BCUT2D eigenvalue weighted by Crippen LogP contribution is 2.36. The number of benzene rings is 3. The number of rotatable bonds is 4. The topological polar surface area (TPSA) is 35.5 Å². The third-order valence-corrected chi connectivity index (χ3v) is 5.45. The molecule has 0 saturated carbocycles. The normalized spacial score (nSPS) is 14.1. The number of fused-ring (bicyclic) bond motifs is 1. The molecule has 0 bridgehead atoms. The molecular weight excluding hydrogens is 454 g/mol. The van der Waals surface area contributed by atoms with Crippen molar-refractivity contribution in [2.45, 2.75) is 6.61 Å². The summed E-state index contributed by atoms with van der Waals surface area (Å²) < 4.78 is 11.5. The lowest BCUT2D eigenvalue weighted by Crippen LogP contribution is -1.98. The molecule has 3 nitrogen and oxygen atoms in total. The molecule has 1 aliphatic rings. The van der Waals surface area contributed by atoms with E-state index in [1.807, 2.05) is 0 Å². The summed E-state index contributed by atoms with van der Waals surface area (Å²) in [4.78, 5) is 12.6. The van der Waals surface area contributed by atoms with Gasteiger partial charge in [-0.2, -0.15) is 0 Å². The molecule has 1 aliphatic heterocycles. The quantitative estimate of drug-likeness (QED) is 0.374. The van der Waals surface area contributed by atoms with E-state index < -0.39 is 0 Å². The van der Waals surface area contributed by atoms with Crippen LogP contribution in [0.2, 0.25) is 20.1 Å². The van der Waals surface area contributed by atoms with Crippen molar-refractivity contribution in [1.29, 1.82) is 0 Å². The molecule has 4 rings (SSSR count). The second kappa shape index (κ2) is 8.29. The van der Waals surface area contributed by atoms with Gasteiger partial charge in [-0.15, -0.1) is 0 Å². The van der Waals surface area contributed by atoms with Crippen molar-refractivity contribution in [1.82, 2.24) is 0 Å². The highest BCUT2D eigenvalue weighted by atomic mass is 35.5. The molecule has 0 N–H and O–H groups in total. The lowest BCUT2D eigenvalue weighted by molar-refractivity contribution is 0.101. The highest BCUT2D eigenvalue weighted by Gasteiger charge is 2.28. The largest absolute Gasteiger partial charge is 0.489 e. The van der Waals surface area contributed by atoms with Crippen molar-refractivity contribution in [3.05, 3.63) is 97.1 Å². The fourth-order valence-corrected chi connectivity index (χ4v) is 3.74. The lowest BCUT2D eigenvalue weighted by Gasteiger charge is -2.09. The van der Waals surface area contributed by atoms with E-state index in [-0.39, 0.29) is 18.1 Å². The zero-order valence-corrected chi connectivity index (χ0v) is 17.7. The predicted molar refractivity (Wildman–Crippen MR) is 117 cm³/mol. The van der Waals surface area contributed by atoms with E-state index in [4.69, 9.17) is 55.9 Å². The first-order valence-electron chi connectivity index (χ1n) is 8.51. The van der Waals surface area contributed by atoms with Gasteiger partial charge in [-0.3, -0.25) is 4.79 Å². The summed E-state index contributed by atoms with van der Waals surface area (Å²) in [5.41, 5.74) is 1.89. The van der Waals surface area contributed by atoms with Crippen LogP contribution in [0.4, 0.5) is 0 Å². The molecule has 0 atom stereocenters. The van der Waals surface area contributed by atoms with Crippen molar-refractivity contribution < 1.29 is 14.3 Å². The highest BCUT2D eigenvalue weighted by molar-refractivity contribution is 6.36. The number of hydrogen-bond acceptors (Lipinski definition) is 3. The number of allylic oxidation sites excluding steroid dienone is 1. The summed E-state index contributed by atoms with van der Waals surface area (Å²) in [5, 5.41) is 2.03. The minimum atomic E-state index is -0.224. The number of halogens is 4. The Labute approximate surface area is 187 Å². The van der Waals surface area contributed by atoms with Gasteiger partial charge >= 0.3 is 0 Å². The monoisotopic (exact) mass is 464 g/mol. The van der Waals surface area contributed by atoms with E-state index in [2.05, 4.69) is 0 Å². The molecule has 0 unspecified atom stereocenters. The van der Waals surface area contributed by atoms with E-state index >= 15 is 0 Å². The van der Waals surface area contributed by atoms with Crippen LogP contribution in [0.5, 0.6) is 11.5 Å². The van der Waals surface area contributed by atoms with Gasteiger partial charge in [0.1, 0.15) is 18.1 Å². The summed E-state index contributed by atoms with van der Waals surface area (Å²) >= 11 is 24.2. The van der Waals surface area contributed by atoms with Gasteiger partial charge in [0.25, 0.3) is 0 Å². The Hall–Kier alpha value is -2.17. The van der Waals surface area contributed by atoms with Gasteiger partial charge < -0.3 is 9.47 Å². The average molecular weight is 466 g/mol. The van der Waals surface area contributed by atoms with Gasteiger partial charge in [-0.1, -0.05) is 58.5 Å². The number of carbonyl (C=O) groups excluding carboxylic acids is 1. The SMILES string of the molecule is O=C1/C(=C/c2ccc(Cl)cc2Cl)Oc2cc(OCc3ccc(Cl)cc3Cl)ccc21. The molecule has 0 aromatic heterocycles. The van der Waals surface area contributed by atoms with Gasteiger partial charge in [0, 0.05) is 31.7 Å². The molecule has 0 saturated heterocycles. The standard InChI is InChI=1S/C22H12Cl4O3/c23-14-3-1-12(18(25)8-14)7-21-22(27)17-6-5-16(10-20(17)29-21)28-11-13-2-4-15(24)9-19(13)26/h1-10H,11H2/b21-7-. The Bertz CT molecular complexity index is 1150. The summed E-state index contributed by atoms with van der Waals surface area (Å²) in [6.45, 7) is 0.256. The van der Waals surface area contributed by atoms with Crippen LogP contribution in [-0.4, -0.2) is 5.78 Å². The molecule has 0 aliphatic carbocycles. The van der Waals surface area contributed by atoms with Crippen LogP contribution in [0.15, 0.2) is 60.4 Å². The molecule has 0 radical (unpaired) electrons. The van der Waals surface area contributed by atoms with E-state index in [9.17, 15) is 4.79 Å². The van der Waals surface area contributed by atoms with Crippen LogP contribution < -0.4 is 9.47 Å². The maximum Gasteiger partial charge on any atom is 0.231 e. The molecule has 1 heterocycles. The number of carbonyl (C=O) groups is 1. The van der Waals surface area contributed by atoms with Gasteiger partial charge in [-0.05, 0) is 48.0 Å². The van der Waals surface area contributed by atoms with Crippen molar-refractivity contribution in [3.63, 3.8) is 0 Å². The van der Waals surface area contributed by atoms with E-state index in [0.717, 1.165) is 5.56 Å². The first-order chi connectivity index (χ1) is 13.9. The minimum absolute atomic E-state index is 0.183. The summed E-state index contributed by atoms with van der Waals surface area (Å²) in [6.07, 6.45) is 1.59. The lowest BCUT2D eigenvalue weighted by atomic mass is 10.1. The van der Waals surface area contributed by atoms with Crippen LogP contribution in [0.1, 0.15) is 21.5 Å². The zero-order chi connectivity index (χ0) is 20.5. The Morgan fingerprint density at radius 2 is 1.59 bits per heavy atom. The molecule has 29 heavy (non-hydrogen) atoms. The number of ketones is 1. The number of hydrogen-bond donors (Lipinski definition) is 0. The predicted octanol–water partition coefficient (Wildman–Crippen LogP) is 7.50. The molecule has 0 amide bonds. The molecule has 3 aromatic carbocycles. The van der Waals surface area contributed by atoms with Crippen molar-refractivity contribution in [2.75, 3.05) is 0 Å². The molecule has 3 aromatic rings. The molecule has 0 spiro atoms. The Morgan fingerprint density at radius 3 is 2.31 bits per heavy atom. The fraction of sp³-hybridized carbons (Fsp3) is 0.0455. The second-order valence-corrected chi connectivity index (χ2v) is 7.98. The van der Waals surface area contributed by atoms with Gasteiger partial charge in [0.05, 0.1) is 5.56 Å². The summed E-state index contributed by atoms with van der Waals surface area (Å²) in [7, 11) is 0. The first-order valence-corrected chi connectivity index (χ1v) is 10.0. The third-order valence-electron chi connectivity index (χ3n) is 4.30. The summed E-state index contributed by atoms with van der Waals surface area (Å²) in [5.74, 6) is 0.930. The Morgan fingerprint density at radius 1 is 0.862 bits per heavy atom. The van der Waals surface area contributed by atoms with Gasteiger partial charge in [0.2, 0.25) is 5.78 Å². The van der Waals surface area contributed by atoms with Crippen LogP contribution in [-0.2, 0) is 6.61 Å². The fourth-order valence-electron chi connectivity index (χ4n) is 2.82. The Balaban J connectivity index is 1.53. The maximum atomic E-state index is 12.6. The summed E-state index contributed by atoms with van der Waals surface area (Å²) in [6, 6.07) is 15.3. The van der Waals surface area contributed by atoms with E-state index in [1.165, 1.54) is 0 Å². The van der Waals surface area contributed by atoms with Crippen LogP contribution in [0, 0.1) is 0 Å². The number of Topliss-reactive ketones (excluding diaryl/α,β-unsaturated/α-hetero) is 1. The third kappa shape index (κ3) is 4.39.